The van der Waals surface area contributed by atoms with Crippen LogP contribution in [0.15, 0.2) is 24.3 Å². The van der Waals surface area contributed by atoms with Gasteiger partial charge < -0.3 is 15.0 Å². The van der Waals surface area contributed by atoms with Gasteiger partial charge in [-0.15, -0.1) is 0 Å². The molecule has 1 saturated heterocycles. The van der Waals surface area contributed by atoms with Crippen LogP contribution < -0.4 is 10.2 Å². The van der Waals surface area contributed by atoms with E-state index in [0.29, 0.717) is 6.42 Å². The molecule has 19 heavy (non-hydrogen) atoms. The first-order chi connectivity index (χ1) is 9.19. The lowest BCUT2D eigenvalue weighted by Crippen LogP contribution is -2.41. The minimum absolute atomic E-state index is 0.0789. The zero-order valence-electron chi connectivity index (χ0n) is 11.7. The number of carbonyl (C=O) groups excluding carboxylic acids is 1. The fourth-order valence-corrected chi connectivity index (χ4v) is 2.26. The first-order valence-electron chi connectivity index (χ1n) is 6.95. The van der Waals surface area contributed by atoms with Crippen LogP contribution in [-0.2, 0) is 9.53 Å². The summed E-state index contributed by atoms with van der Waals surface area (Å²) >= 11 is 0. The Hall–Kier alpha value is -1.55. The third kappa shape index (κ3) is 3.96. The van der Waals surface area contributed by atoms with Gasteiger partial charge in [0.05, 0.1) is 12.7 Å². The predicted octanol–water partition coefficient (Wildman–Crippen LogP) is 2.65. The van der Waals surface area contributed by atoms with Gasteiger partial charge in [-0.05, 0) is 37.6 Å². The van der Waals surface area contributed by atoms with Crippen LogP contribution in [0.3, 0.4) is 0 Å². The van der Waals surface area contributed by atoms with Gasteiger partial charge in [0.15, 0.2) is 0 Å². The SMILES string of the molecule is CCCC(=O)Nc1ccc(N2CCOC(C)C2)cc1. The van der Waals surface area contributed by atoms with Crippen LogP contribution in [0, 0.1) is 0 Å². The van der Waals surface area contributed by atoms with E-state index < -0.39 is 0 Å². The number of ether oxygens (including phenoxy) is 1. The summed E-state index contributed by atoms with van der Waals surface area (Å²) in [6.45, 7) is 6.71. The lowest BCUT2D eigenvalue weighted by atomic mass is 10.2. The molecule has 4 heteroatoms. The molecule has 0 radical (unpaired) electrons. The van der Waals surface area contributed by atoms with E-state index in [0.717, 1.165) is 31.8 Å². The Morgan fingerprint density at radius 2 is 2.16 bits per heavy atom. The highest BCUT2D eigenvalue weighted by Crippen LogP contribution is 2.20. The minimum atomic E-state index is 0.0789. The highest BCUT2D eigenvalue weighted by molar-refractivity contribution is 5.90. The topological polar surface area (TPSA) is 41.6 Å². The van der Waals surface area contributed by atoms with Gasteiger partial charge in [-0.25, -0.2) is 0 Å². The number of anilines is 2. The monoisotopic (exact) mass is 262 g/mol. The van der Waals surface area contributed by atoms with Crippen LogP contribution in [-0.4, -0.2) is 31.7 Å². The molecule has 1 amide bonds. The Morgan fingerprint density at radius 3 is 2.79 bits per heavy atom. The average Bonchev–Trinajstić information content (AvgIpc) is 2.40. The summed E-state index contributed by atoms with van der Waals surface area (Å²) in [5.41, 5.74) is 2.05. The van der Waals surface area contributed by atoms with Gasteiger partial charge in [0, 0.05) is 30.9 Å². The second kappa shape index (κ2) is 6.57. The molecule has 2 rings (SSSR count). The molecule has 1 N–H and O–H groups in total. The van der Waals surface area contributed by atoms with Crippen LogP contribution in [0.5, 0.6) is 0 Å². The average molecular weight is 262 g/mol. The number of nitrogens with one attached hydrogen (secondary N) is 1. The molecule has 1 heterocycles. The molecule has 1 aliphatic rings. The molecule has 0 spiro atoms. The lowest BCUT2D eigenvalue weighted by Gasteiger charge is -2.33. The van der Waals surface area contributed by atoms with Crippen LogP contribution in [0.4, 0.5) is 11.4 Å². The third-order valence-electron chi connectivity index (χ3n) is 3.23. The summed E-state index contributed by atoms with van der Waals surface area (Å²) in [5.74, 6) is 0.0789. The second-order valence-corrected chi connectivity index (χ2v) is 4.97. The highest BCUT2D eigenvalue weighted by Gasteiger charge is 2.16. The first-order valence-corrected chi connectivity index (χ1v) is 6.95. The van der Waals surface area contributed by atoms with Crippen LogP contribution >= 0.6 is 0 Å². The van der Waals surface area contributed by atoms with Gasteiger partial charge in [-0.2, -0.15) is 0 Å². The maximum Gasteiger partial charge on any atom is 0.224 e. The van der Waals surface area contributed by atoms with Gasteiger partial charge in [0.2, 0.25) is 5.91 Å². The minimum Gasteiger partial charge on any atom is -0.375 e. The Kier molecular flexibility index (Phi) is 4.80. The zero-order chi connectivity index (χ0) is 13.7. The summed E-state index contributed by atoms with van der Waals surface area (Å²) in [6.07, 6.45) is 1.72. The number of hydrogen-bond donors (Lipinski definition) is 1. The van der Waals surface area contributed by atoms with Crippen molar-refractivity contribution >= 4 is 17.3 Å². The van der Waals surface area contributed by atoms with Crippen molar-refractivity contribution in [2.24, 2.45) is 0 Å². The summed E-state index contributed by atoms with van der Waals surface area (Å²) < 4.78 is 5.53. The van der Waals surface area contributed by atoms with Crippen molar-refractivity contribution in [1.82, 2.24) is 0 Å². The van der Waals surface area contributed by atoms with E-state index in [1.807, 2.05) is 19.1 Å². The second-order valence-electron chi connectivity index (χ2n) is 4.97. The van der Waals surface area contributed by atoms with Crippen molar-refractivity contribution in [3.05, 3.63) is 24.3 Å². The number of benzene rings is 1. The Labute approximate surface area is 114 Å². The van der Waals surface area contributed by atoms with Gasteiger partial charge in [-0.3, -0.25) is 4.79 Å². The van der Waals surface area contributed by atoms with Crippen LogP contribution in [0.2, 0.25) is 0 Å². The van der Waals surface area contributed by atoms with Gasteiger partial charge in [0.25, 0.3) is 0 Å². The van der Waals surface area contributed by atoms with Crippen molar-refractivity contribution in [1.29, 1.82) is 0 Å². The molecule has 0 aromatic heterocycles. The lowest BCUT2D eigenvalue weighted by molar-refractivity contribution is -0.116. The van der Waals surface area contributed by atoms with E-state index in [1.165, 1.54) is 5.69 Å². The summed E-state index contributed by atoms with van der Waals surface area (Å²) in [7, 11) is 0. The fourth-order valence-electron chi connectivity index (χ4n) is 2.26. The third-order valence-corrected chi connectivity index (χ3v) is 3.23. The molecule has 0 bridgehead atoms. The van der Waals surface area contributed by atoms with Crippen molar-refractivity contribution < 1.29 is 9.53 Å². The standard InChI is InChI=1S/C15H22N2O2/c1-3-4-15(18)16-13-5-7-14(8-6-13)17-9-10-19-12(2)11-17/h5-8,12H,3-4,9-11H2,1-2H3,(H,16,18). The Balaban J connectivity index is 1.96. The van der Waals surface area contributed by atoms with E-state index in [-0.39, 0.29) is 12.0 Å². The van der Waals surface area contributed by atoms with Crippen LogP contribution in [0.25, 0.3) is 0 Å². The smallest absolute Gasteiger partial charge is 0.224 e. The largest absolute Gasteiger partial charge is 0.375 e. The van der Waals surface area contributed by atoms with E-state index >= 15 is 0 Å². The number of hydrogen-bond acceptors (Lipinski definition) is 3. The van der Waals surface area contributed by atoms with Crippen molar-refractivity contribution in [3.63, 3.8) is 0 Å². The van der Waals surface area contributed by atoms with Gasteiger partial charge in [-0.1, -0.05) is 6.92 Å². The number of rotatable bonds is 4. The van der Waals surface area contributed by atoms with Crippen molar-refractivity contribution in [2.75, 3.05) is 29.9 Å². The maximum absolute atomic E-state index is 11.5. The van der Waals surface area contributed by atoms with E-state index in [9.17, 15) is 4.79 Å². The molecule has 0 saturated carbocycles. The van der Waals surface area contributed by atoms with E-state index in [2.05, 4.69) is 29.3 Å². The van der Waals surface area contributed by atoms with E-state index in [4.69, 9.17) is 4.74 Å². The zero-order valence-corrected chi connectivity index (χ0v) is 11.7. The van der Waals surface area contributed by atoms with E-state index in [1.54, 1.807) is 0 Å². The molecule has 1 atom stereocenters. The molecule has 1 aromatic carbocycles. The van der Waals surface area contributed by atoms with Crippen LogP contribution in [0.1, 0.15) is 26.7 Å². The van der Waals surface area contributed by atoms with Crippen molar-refractivity contribution in [3.8, 4) is 0 Å². The normalized spacial score (nSPS) is 19.3. The molecule has 1 aromatic rings. The molecular formula is C15H22N2O2. The number of carbonyl (C=O) groups is 1. The van der Waals surface area contributed by atoms with Gasteiger partial charge >= 0.3 is 0 Å². The Bertz CT molecular complexity index is 417. The molecule has 1 unspecified atom stereocenters. The molecule has 1 aliphatic heterocycles. The quantitative estimate of drug-likeness (QED) is 0.907. The Morgan fingerprint density at radius 1 is 1.42 bits per heavy atom. The number of amides is 1. The maximum atomic E-state index is 11.5. The van der Waals surface area contributed by atoms with Crippen molar-refractivity contribution in [2.45, 2.75) is 32.8 Å². The highest BCUT2D eigenvalue weighted by atomic mass is 16.5. The molecular weight excluding hydrogens is 240 g/mol. The summed E-state index contributed by atoms with van der Waals surface area (Å²) in [5, 5.41) is 2.90. The van der Waals surface area contributed by atoms with Gasteiger partial charge in [0.1, 0.15) is 0 Å². The molecule has 4 nitrogen and oxygen atoms in total. The number of nitrogens with zero attached hydrogens (tertiary/aromatic N) is 1. The predicted molar refractivity (Wildman–Crippen MR) is 77.6 cm³/mol. The molecule has 104 valence electrons. The number of morpholine rings is 1. The molecule has 0 aliphatic carbocycles. The summed E-state index contributed by atoms with van der Waals surface area (Å²) in [6, 6.07) is 8.03. The first kappa shape index (κ1) is 13.9. The fraction of sp³-hybridized carbons (Fsp3) is 0.533. The summed E-state index contributed by atoms with van der Waals surface area (Å²) in [4.78, 5) is 13.8. The molecule has 1 fully saturated rings.